The molecule has 0 aliphatic carbocycles. The number of halogens is 3. The minimum absolute atomic E-state index is 0.0295. The van der Waals surface area contributed by atoms with Crippen LogP contribution >= 0.6 is 0 Å². The van der Waals surface area contributed by atoms with Crippen LogP contribution in [0, 0.1) is 0 Å². The zero-order valence-corrected chi connectivity index (χ0v) is 16.8. The van der Waals surface area contributed by atoms with Gasteiger partial charge >= 0.3 is 6.18 Å². The maximum atomic E-state index is 12.9. The van der Waals surface area contributed by atoms with Gasteiger partial charge in [-0.3, -0.25) is 4.79 Å². The number of hydrogen-bond donors (Lipinski definition) is 0. The third-order valence-electron chi connectivity index (χ3n) is 5.79. The molecule has 1 saturated heterocycles. The molecule has 1 amide bonds. The number of amides is 1. The fraction of sp³-hybridized carbons (Fsp3) is 0.391. The van der Waals surface area contributed by atoms with Crippen molar-refractivity contribution in [2.75, 3.05) is 13.1 Å². The molecular weight excluding hydrogens is 391 g/mol. The number of rotatable bonds is 4. The molecule has 0 radical (unpaired) electrons. The standard InChI is InChI=1S/C23H24F3N3O/c1-2-3-16-4-6-17(7-5-16)22(30)28-12-10-19(11-13-28)29-15-27-20-14-18(23(24,25)26)8-9-21(20)29/h4-9,14-15,19H,2-3,10-13H2,1H3. The molecule has 0 atom stereocenters. The Morgan fingerprint density at radius 2 is 1.80 bits per heavy atom. The molecule has 0 unspecified atom stereocenters. The molecule has 7 heteroatoms. The van der Waals surface area contributed by atoms with Gasteiger partial charge in [0, 0.05) is 24.7 Å². The van der Waals surface area contributed by atoms with Crippen molar-refractivity contribution >= 4 is 16.9 Å². The number of fused-ring (bicyclic) bond motifs is 1. The van der Waals surface area contributed by atoms with E-state index in [2.05, 4.69) is 11.9 Å². The van der Waals surface area contributed by atoms with Crippen LogP contribution in [-0.4, -0.2) is 33.4 Å². The average molecular weight is 415 g/mol. The van der Waals surface area contributed by atoms with Gasteiger partial charge in [0.25, 0.3) is 5.91 Å². The minimum Gasteiger partial charge on any atom is -0.338 e. The number of aryl methyl sites for hydroxylation is 1. The van der Waals surface area contributed by atoms with Gasteiger partial charge in [-0.05, 0) is 55.2 Å². The summed E-state index contributed by atoms with van der Waals surface area (Å²) in [7, 11) is 0. The van der Waals surface area contributed by atoms with E-state index in [1.807, 2.05) is 33.7 Å². The fourth-order valence-electron chi connectivity index (χ4n) is 4.13. The molecule has 1 aliphatic heterocycles. The van der Waals surface area contributed by atoms with Gasteiger partial charge in [0.1, 0.15) is 0 Å². The van der Waals surface area contributed by atoms with Gasteiger partial charge in [-0.1, -0.05) is 25.5 Å². The number of nitrogens with zero attached hydrogens (tertiary/aromatic N) is 3. The molecule has 1 aromatic heterocycles. The van der Waals surface area contributed by atoms with Gasteiger partial charge in [0.2, 0.25) is 0 Å². The molecule has 0 N–H and O–H groups in total. The Morgan fingerprint density at radius 1 is 1.10 bits per heavy atom. The number of piperidine rings is 1. The number of carbonyl (C=O) groups is 1. The summed E-state index contributed by atoms with van der Waals surface area (Å²) in [6.07, 6.45) is 0.792. The highest BCUT2D eigenvalue weighted by molar-refractivity contribution is 5.94. The van der Waals surface area contributed by atoms with Crippen molar-refractivity contribution in [2.24, 2.45) is 0 Å². The number of benzene rings is 2. The van der Waals surface area contributed by atoms with Crippen LogP contribution in [0.2, 0.25) is 0 Å². The van der Waals surface area contributed by atoms with Crippen LogP contribution < -0.4 is 0 Å². The lowest BCUT2D eigenvalue weighted by Crippen LogP contribution is -2.39. The highest BCUT2D eigenvalue weighted by Gasteiger charge is 2.31. The van der Waals surface area contributed by atoms with Gasteiger partial charge in [0.05, 0.1) is 22.9 Å². The quantitative estimate of drug-likeness (QED) is 0.566. The molecule has 4 rings (SSSR count). The van der Waals surface area contributed by atoms with E-state index in [9.17, 15) is 18.0 Å². The maximum absolute atomic E-state index is 12.9. The second-order valence-electron chi connectivity index (χ2n) is 7.82. The number of imidazole rings is 1. The lowest BCUT2D eigenvalue weighted by atomic mass is 10.0. The van der Waals surface area contributed by atoms with E-state index in [0.29, 0.717) is 29.7 Å². The Morgan fingerprint density at radius 3 is 2.43 bits per heavy atom. The molecule has 30 heavy (non-hydrogen) atoms. The average Bonchev–Trinajstić information content (AvgIpc) is 3.17. The van der Waals surface area contributed by atoms with E-state index < -0.39 is 11.7 Å². The smallest absolute Gasteiger partial charge is 0.338 e. The normalized spacial score (nSPS) is 15.7. The molecule has 158 valence electrons. The van der Waals surface area contributed by atoms with Crippen LogP contribution in [0.4, 0.5) is 13.2 Å². The van der Waals surface area contributed by atoms with Gasteiger partial charge in [0.15, 0.2) is 0 Å². The van der Waals surface area contributed by atoms with Gasteiger partial charge in [-0.15, -0.1) is 0 Å². The Bertz CT molecular complexity index is 1030. The zero-order chi connectivity index (χ0) is 21.3. The summed E-state index contributed by atoms with van der Waals surface area (Å²) < 4.78 is 40.7. The second-order valence-corrected chi connectivity index (χ2v) is 7.82. The molecule has 2 aromatic carbocycles. The summed E-state index contributed by atoms with van der Waals surface area (Å²) >= 11 is 0. The Hall–Kier alpha value is -2.83. The van der Waals surface area contributed by atoms with E-state index in [1.165, 1.54) is 11.6 Å². The number of likely N-dealkylation sites (tertiary alicyclic amines) is 1. The van der Waals surface area contributed by atoms with Crippen molar-refractivity contribution in [3.8, 4) is 0 Å². The van der Waals surface area contributed by atoms with Crippen molar-refractivity contribution < 1.29 is 18.0 Å². The van der Waals surface area contributed by atoms with Gasteiger partial charge < -0.3 is 9.47 Å². The predicted octanol–water partition coefficient (Wildman–Crippen LogP) is 5.48. The molecule has 1 aliphatic rings. The first kappa shape index (κ1) is 20.4. The van der Waals surface area contributed by atoms with Gasteiger partial charge in [-0.25, -0.2) is 4.98 Å². The SMILES string of the molecule is CCCc1ccc(C(=O)N2CCC(n3cnc4cc(C(F)(F)F)ccc43)CC2)cc1. The van der Waals surface area contributed by atoms with Gasteiger partial charge in [-0.2, -0.15) is 13.2 Å². The van der Waals surface area contributed by atoms with E-state index in [0.717, 1.165) is 37.8 Å². The van der Waals surface area contributed by atoms with E-state index >= 15 is 0 Å². The monoisotopic (exact) mass is 415 g/mol. The van der Waals surface area contributed by atoms with Crippen LogP contribution in [0.5, 0.6) is 0 Å². The third-order valence-corrected chi connectivity index (χ3v) is 5.79. The fourth-order valence-corrected chi connectivity index (χ4v) is 4.13. The minimum atomic E-state index is -4.38. The largest absolute Gasteiger partial charge is 0.416 e. The van der Waals surface area contributed by atoms with Crippen LogP contribution in [0.3, 0.4) is 0 Å². The highest BCUT2D eigenvalue weighted by Crippen LogP contribution is 2.33. The molecule has 0 bridgehead atoms. The number of aromatic nitrogens is 2. The molecule has 0 spiro atoms. The number of alkyl halides is 3. The number of carbonyl (C=O) groups excluding carboxylic acids is 1. The van der Waals surface area contributed by atoms with E-state index in [1.54, 1.807) is 6.33 Å². The van der Waals surface area contributed by atoms with Crippen molar-refractivity contribution in [1.29, 1.82) is 0 Å². The van der Waals surface area contributed by atoms with Crippen LogP contribution in [-0.2, 0) is 12.6 Å². The molecule has 4 nitrogen and oxygen atoms in total. The predicted molar refractivity (Wildman–Crippen MR) is 109 cm³/mol. The molecule has 3 aromatic rings. The van der Waals surface area contributed by atoms with Crippen molar-refractivity contribution in [3.05, 3.63) is 65.5 Å². The van der Waals surface area contributed by atoms with Crippen LogP contribution in [0.25, 0.3) is 11.0 Å². The van der Waals surface area contributed by atoms with E-state index in [-0.39, 0.29) is 11.9 Å². The summed E-state index contributed by atoms with van der Waals surface area (Å²) in [6.45, 7) is 3.35. The van der Waals surface area contributed by atoms with E-state index in [4.69, 9.17) is 0 Å². The molecular formula is C23H24F3N3O. The summed E-state index contributed by atoms with van der Waals surface area (Å²) in [5, 5.41) is 0. The maximum Gasteiger partial charge on any atom is 0.416 e. The van der Waals surface area contributed by atoms with Crippen LogP contribution in [0.15, 0.2) is 48.8 Å². The summed E-state index contributed by atoms with van der Waals surface area (Å²) in [5.74, 6) is 0.0295. The van der Waals surface area contributed by atoms with Crippen LogP contribution in [0.1, 0.15) is 53.7 Å². The molecule has 2 heterocycles. The Kier molecular flexibility index (Phi) is 5.54. The Balaban J connectivity index is 1.43. The zero-order valence-electron chi connectivity index (χ0n) is 16.8. The molecule has 1 fully saturated rings. The van der Waals surface area contributed by atoms with Crippen molar-refractivity contribution in [3.63, 3.8) is 0 Å². The summed E-state index contributed by atoms with van der Waals surface area (Å²) in [4.78, 5) is 18.8. The summed E-state index contributed by atoms with van der Waals surface area (Å²) in [5.41, 5.74) is 2.27. The summed E-state index contributed by atoms with van der Waals surface area (Å²) in [6, 6.07) is 11.6. The first-order valence-electron chi connectivity index (χ1n) is 10.3. The first-order valence-corrected chi connectivity index (χ1v) is 10.3. The van der Waals surface area contributed by atoms with Crippen molar-refractivity contribution in [2.45, 2.75) is 44.8 Å². The second kappa shape index (κ2) is 8.13. The third kappa shape index (κ3) is 4.06. The highest BCUT2D eigenvalue weighted by atomic mass is 19.4. The lowest BCUT2D eigenvalue weighted by molar-refractivity contribution is -0.137. The topological polar surface area (TPSA) is 38.1 Å². The first-order chi connectivity index (χ1) is 14.4. The van der Waals surface area contributed by atoms with Crippen molar-refractivity contribution in [1.82, 2.24) is 14.5 Å². The molecule has 0 saturated carbocycles. The lowest BCUT2D eigenvalue weighted by Gasteiger charge is -2.33. The number of hydrogen-bond acceptors (Lipinski definition) is 2. The Labute approximate surface area is 173 Å².